The van der Waals surface area contributed by atoms with Gasteiger partial charge in [0.05, 0.1) is 7.11 Å². The van der Waals surface area contributed by atoms with Crippen LogP contribution in [0.4, 0.5) is 0 Å². The number of hydrogen-bond acceptors (Lipinski definition) is 4. The molecule has 1 amide bonds. The second-order valence-corrected chi connectivity index (χ2v) is 6.29. The zero-order chi connectivity index (χ0) is 18.7. The SMILES string of the molecule is COc1cc(/C=C2/C(=O)N(C)C(=S)N2C)ccc1OCc1ccccc1. The Hall–Kier alpha value is -2.86. The van der Waals surface area contributed by atoms with Gasteiger partial charge in [-0.05, 0) is 41.6 Å². The van der Waals surface area contributed by atoms with E-state index in [1.165, 1.54) is 4.90 Å². The molecule has 0 radical (unpaired) electrons. The first-order valence-corrected chi connectivity index (χ1v) is 8.54. The van der Waals surface area contributed by atoms with E-state index >= 15 is 0 Å². The Kier molecular flexibility index (Phi) is 5.23. The van der Waals surface area contributed by atoms with Crippen LogP contribution in [0.1, 0.15) is 11.1 Å². The summed E-state index contributed by atoms with van der Waals surface area (Å²) in [6, 6.07) is 15.5. The molecule has 2 aromatic rings. The standard InChI is InChI=1S/C20H20N2O3S/c1-21-16(19(23)22(2)20(21)26)11-15-9-10-17(18(12-15)24-3)25-13-14-7-5-4-6-8-14/h4-12H,13H2,1-3H3/b16-11-. The Morgan fingerprint density at radius 1 is 1.04 bits per heavy atom. The average molecular weight is 368 g/mol. The number of thiocarbonyl (C=S) groups is 1. The van der Waals surface area contributed by atoms with Crippen molar-refractivity contribution in [2.24, 2.45) is 0 Å². The van der Waals surface area contributed by atoms with Crippen LogP contribution in [0.2, 0.25) is 0 Å². The molecule has 1 saturated heterocycles. The Bertz CT molecular complexity index is 865. The van der Waals surface area contributed by atoms with E-state index in [-0.39, 0.29) is 5.91 Å². The maximum absolute atomic E-state index is 12.3. The second-order valence-electron chi connectivity index (χ2n) is 5.92. The first-order valence-electron chi connectivity index (χ1n) is 8.13. The van der Waals surface area contributed by atoms with E-state index in [0.717, 1.165) is 11.1 Å². The fraction of sp³-hybridized carbons (Fsp3) is 0.200. The van der Waals surface area contributed by atoms with E-state index in [1.54, 1.807) is 32.2 Å². The Morgan fingerprint density at radius 3 is 2.38 bits per heavy atom. The van der Waals surface area contributed by atoms with E-state index in [0.29, 0.717) is 28.9 Å². The highest BCUT2D eigenvalue weighted by atomic mass is 32.1. The number of carbonyl (C=O) groups is 1. The third-order valence-electron chi connectivity index (χ3n) is 4.19. The molecule has 0 aliphatic carbocycles. The minimum atomic E-state index is -0.124. The number of amides is 1. The number of rotatable bonds is 5. The molecule has 0 N–H and O–H groups in total. The molecule has 6 heteroatoms. The minimum Gasteiger partial charge on any atom is -0.493 e. The smallest absolute Gasteiger partial charge is 0.276 e. The Balaban J connectivity index is 1.82. The van der Waals surface area contributed by atoms with Gasteiger partial charge in [0.1, 0.15) is 12.3 Å². The predicted octanol–water partition coefficient (Wildman–Crippen LogP) is 3.30. The van der Waals surface area contributed by atoms with Crippen molar-refractivity contribution in [1.82, 2.24) is 9.80 Å². The molecular formula is C20H20N2O3S. The minimum absolute atomic E-state index is 0.124. The summed E-state index contributed by atoms with van der Waals surface area (Å²) in [5.74, 6) is 1.14. The molecule has 0 atom stereocenters. The summed E-state index contributed by atoms with van der Waals surface area (Å²) >= 11 is 5.23. The van der Waals surface area contributed by atoms with Gasteiger partial charge in [-0.15, -0.1) is 0 Å². The van der Waals surface area contributed by atoms with E-state index in [2.05, 4.69) is 0 Å². The van der Waals surface area contributed by atoms with Crippen molar-refractivity contribution in [3.63, 3.8) is 0 Å². The number of carbonyl (C=O) groups excluding carboxylic acids is 1. The van der Waals surface area contributed by atoms with Gasteiger partial charge in [-0.2, -0.15) is 0 Å². The lowest BCUT2D eigenvalue weighted by Gasteiger charge is -2.13. The van der Waals surface area contributed by atoms with Gasteiger partial charge in [0.25, 0.3) is 5.91 Å². The van der Waals surface area contributed by atoms with E-state index < -0.39 is 0 Å². The van der Waals surface area contributed by atoms with E-state index in [9.17, 15) is 4.79 Å². The zero-order valence-electron chi connectivity index (χ0n) is 14.9. The van der Waals surface area contributed by atoms with Crippen molar-refractivity contribution in [2.75, 3.05) is 21.2 Å². The summed E-state index contributed by atoms with van der Waals surface area (Å²) in [4.78, 5) is 15.4. The van der Waals surface area contributed by atoms with Crippen molar-refractivity contribution in [3.05, 3.63) is 65.4 Å². The molecule has 1 heterocycles. The molecule has 26 heavy (non-hydrogen) atoms. The number of hydrogen-bond donors (Lipinski definition) is 0. The third-order valence-corrected chi connectivity index (χ3v) is 4.73. The number of methoxy groups -OCH3 is 1. The predicted molar refractivity (Wildman–Crippen MR) is 105 cm³/mol. The first kappa shape index (κ1) is 17.9. The average Bonchev–Trinajstić information content (AvgIpc) is 2.85. The molecule has 2 aromatic carbocycles. The highest BCUT2D eigenvalue weighted by Crippen LogP contribution is 2.30. The topological polar surface area (TPSA) is 42.0 Å². The molecule has 0 spiro atoms. The molecule has 0 unspecified atom stereocenters. The van der Waals surface area contributed by atoms with Crippen LogP contribution in [0, 0.1) is 0 Å². The van der Waals surface area contributed by atoms with Crippen LogP contribution in [-0.2, 0) is 11.4 Å². The van der Waals surface area contributed by atoms with Crippen molar-refractivity contribution in [3.8, 4) is 11.5 Å². The van der Waals surface area contributed by atoms with Crippen molar-refractivity contribution in [2.45, 2.75) is 6.61 Å². The van der Waals surface area contributed by atoms with Gasteiger partial charge in [0, 0.05) is 14.1 Å². The van der Waals surface area contributed by atoms with Crippen LogP contribution < -0.4 is 9.47 Å². The normalized spacial score (nSPS) is 15.7. The summed E-state index contributed by atoms with van der Waals surface area (Å²) in [5, 5.41) is 0.482. The molecule has 1 aliphatic rings. The van der Waals surface area contributed by atoms with Gasteiger partial charge in [-0.3, -0.25) is 9.69 Å². The van der Waals surface area contributed by atoms with Gasteiger partial charge >= 0.3 is 0 Å². The fourth-order valence-electron chi connectivity index (χ4n) is 2.68. The van der Waals surface area contributed by atoms with Crippen molar-refractivity contribution >= 4 is 29.3 Å². The first-order chi connectivity index (χ1) is 12.5. The fourth-order valence-corrected chi connectivity index (χ4v) is 2.86. The summed E-state index contributed by atoms with van der Waals surface area (Å²) in [6.07, 6.45) is 1.79. The molecule has 3 rings (SSSR count). The van der Waals surface area contributed by atoms with Gasteiger partial charge in [0.2, 0.25) is 0 Å². The highest BCUT2D eigenvalue weighted by molar-refractivity contribution is 7.80. The van der Waals surface area contributed by atoms with Crippen LogP contribution in [0.25, 0.3) is 6.08 Å². The van der Waals surface area contributed by atoms with Gasteiger partial charge in [-0.1, -0.05) is 36.4 Å². The zero-order valence-corrected chi connectivity index (χ0v) is 15.7. The van der Waals surface area contributed by atoms with Crippen molar-refractivity contribution < 1.29 is 14.3 Å². The molecule has 134 valence electrons. The summed E-state index contributed by atoms with van der Waals surface area (Å²) in [5.41, 5.74) is 2.44. The van der Waals surface area contributed by atoms with Gasteiger partial charge in [-0.25, -0.2) is 0 Å². The van der Waals surface area contributed by atoms with Crippen LogP contribution >= 0.6 is 12.2 Å². The monoisotopic (exact) mass is 368 g/mol. The van der Waals surface area contributed by atoms with Crippen LogP contribution in [0.5, 0.6) is 11.5 Å². The highest BCUT2D eigenvalue weighted by Gasteiger charge is 2.32. The van der Waals surface area contributed by atoms with Crippen LogP contribution in [0.15, 0.2) is 54.2 Å². The third kappa shape index (κ3) is 3.55. The molecular weight excluding hydrogens is 348 g/mol. The summed E-state index contributed by atoms with van der Waals surface area (Å²) < 4.78 is 11.3. The number of nitrogens with zero attached hydrogens (tertiary/aromatic N) is 2. The van der Waals surface area contributed by atoms with Gasteiger partial charge in [0.15, 0.2) is 16.6 Å². The molecule has 1 aliphatic heterocycles. The van der Waals surface area contributed by atoms with Crippen LogP contribution in [-0.4, -0.2) is 42.0 Å². The largest absolute Gasteiger partial charge is 0.493 e. The maximum Gasteiger partial charge on any atom is 0.276 e. The summed E-state index contributed by atoms with van der Waals surface area (Å²) in [6.45, 7) is 0.456. The molecule has 0 aromatic heterocycles. The molecule has 1 fully saturated rings. The number of ether oxygens (including phenoxy) is 2. The lowest BCUT2D eigenvalue weighted by molar-refractivity contribution is -0.121. The molecule has 0 bridgehead atoms. The lowest BCUT2D eigenvalue weighted by Crippen LogP contribution is -2.26. The molecule has 0 saturated carbocycles. The van der Waals surface area contributed by atoms with Gasteiger partial charge < -0.3 is 14.4 Å². The maximum atomic E-state index is 12.3. The van der Waals surface area contributed by atoms with Crippen LogP contribution in [0.3, 0.4) is 0 Å². The molecule has 5 nitrogen and oxygen atoms in total. The number of likely N-dealkylation sites (N-methyl/N-ethyl adjacent to an activating group) is 2. The van der Waals surface area contributed by atoms with E-state index in [4.69, 9.17) is 21.7 Å². The summed E-state index contributed by atoms with van der Waals surface area (Å²) in [7, 11) is 5.05. The van der Waals surface area contributed by atoms with Crippen molar-refractivity contribution in [1.29, 1.82) is 0 Å². The Labute approximate surface area is 158 Å². The Morgan fingerprint density at radius 2 is 1.77 bits per heavy atom. The van der Waals surface area contributed by atoms with E-state index in [1.807, 2.05) is 48.5 Å². The number of benzene rings is 2. The second kappa shape index (κ2) is 7.58. The lowest BCUT2D eigenvalue weighted by atomic mass is 10.1. The quantitative estimate of drug-likeness (QED) is 0.598.